The van der Waals surface area contributed by atoms with E-state index in [4.69, 9.17) is 5.73 Å². The fourth-order valence-electron chi connectivity index (χ4n) is 0.727. The molecule has 0 spiro atoms. The molecule has 7 heteroatoms. The van der Waals surface area contributed by atoms with Crippen molar-refractivity contribution in [2.45, 2.75) is 6.18 Å². The highest BCUT2D eigenvalue weighted by molar-refractivity contribution is 5.26. The van der Waals surface area contributed by atoms with E-state index in [-0.39, 0.29) is 5.88 Å². The molecule has 0 aliphatic rings. The Morgan fingerprint density at radius 1 is 1.62 bits per heavy atom. The maximum absolute atomic E-state index is 11.7. The lowest BCUT2D eigenvalue weighted by Gasteiger charge is -2.05. The molecule has 1 rings (SSSR count). The number of halogens is 3. The summed E-state index contributed by atoms with van der Waals surface area (Å²) in [5.41, 5.74) is 5.35. The van der Waals surface area contributed by atoms with Crippen molar-refractivity contribution >= 4 is 5.82 Å². The SMILES string of the molecule is C[n+]1[nH]c(OCC(F)(F)F)cc1N. The summed E-state index contributed by atoms with van der Waals surface area (Å²) in [6, 6.07) is 1.28. The zero-order chi connectivity index (χ0) is 10.1. The smallest absolute Gasteiger partial charge is 0.422 e. The van der Waals surface area contributed by atoms with Crippen molar-refractivity contribution in [2.75, 3.05) is 12.3 Å². The summed E-state index contributed by atoms with van der Waals surface area (Å²) in [7, 11) is 1.57. The predicted molar refractivity (Wildman–Crippen MR) is 37.9 cm³/mol. The van der Waals surface area contributed by atoms with Crippen LogP contribution < -0.4 is 15.2 Å². The van der Waals surface area contributed by atoms with Gasteiger partial charge >= 0.3 is 6.18 Å². The maximum atomic E-state index is 11.7. The van der Waals surface area contributed by atoms with Gasteiger partial charge in [-0.25, -0.2) is 0 Å². The van der Waals surface area contributed by atoms with Crippen molar-refractivity contribution in [3.63, 3.8) is 0 Å². The number of alkyl halides is 3. The number of nitrogen functional groups attached to an aromatic ring is 1. The van der Waals surface area contributed by atoms with Crippen LogP contribution in [0.1, 0.15) is 0 Å². The topological polar surface area (TPSA) is 54.9 Å². The number of aromatic amines is 1. The minimum Gasteiger partial charge on any atom is -0.467 e. The van der Waals surface area contributed by atoms with Crippen LogP contribution in [0.3, 0.4) is 0 Å². The van der Waals surface area contributed by atoms with E-state index in [0.29, 0.717) is 5.82 Å². The highest BCUT2D eigenvalue weighted by Gasteiger charge is 2.29. The number of H-pyrrole nitrogens is 1. The number of aromatic nitrogens is 2. The van der Waals surface area contributed by atoms with Gasteiger partial charge in [-0.1, -0.05) is 0 Å². The lowest BCUT2D eigenvalue weighted by atomic mass is 10.6. The molecule has 0 aliphatic heterocycles. The molecular weight excluding hydrogens is 187 g/mol. The van der Waals surface area contributed by atoms with Crippen molar-refractivity contribution in [1.29, 1.82) is 0 Å². The molecule has 0 saturated heterocycles. The van der Waals surface area contributed by atoms with Crippen LogP contribution in [0.5, 0.6) is 5.88 Å². The molecule has 1 heterocycles. The minimum atomic E-state index is -4.33. The Bertz CT molecular complexity index is 274. The molecule has 0 bridgehead atoms. The first-order valence-corrected chi connectivity index (χ1v) is 3.42. The molecule has 13 heavy (non-hydrogen) atoms. The van der Waals surface area contributed by atoms with Crippen molar-refractivity contribution < 1.29 is 22.6 Å². The average molecular weight is 196 g/mol. The van der Waals surface area contributed by atoms with E-state index >= 15 is 0 Å². The van der Waals surface area contributed by atoms with Crippen molar-refractivity contribution in [3.05, 3.63) is 6.07 Å². The Morgan fingerprint density at radius 2 is 2.23 bits per heavy atom. The van der Waals surface area contributed by atoms with Gasteiger partial charge in [0.2, 0.25) is 5.88 Å². The Kier molecular flexibility index (Phi) is 2.35. The second-order valence-corrected chi connectivity index (χ2v) is 2.51. The third-order valence-electron chi connectivity index (χ3n) is 1.34. The van der Waals surface area contributed by atoms with E-state index in [1.165, 1.54) is 10.7 Å². The highest BCUT2D eigenvalue weighted by Crippen LogP contribution is 2.16. The molecule has 4 nitrogen and oxygen atoms in total. The van der Waals surface area contributed by atoms with E-state index < -0.39 is 12.8 Å². The van der Waals surface area contributed by atoms with Gasteiger partial charge < -0.3 is 4.74 Å². The molecule has 3 N–H and O–H groups in total. The summed E-state index contributed by atoms with van der Waals surface area (Å²) in [5.74, 6) is 0.300. The van der Waals surface area contributed by atoms with Gasteiger partial charge in [0.05, 0.1) is 6.07 Å². The van der Waals surface area contributed by atoms with Crippen LogP contribution in [0.4, 0.5) is 19.0 Å². The normalized spacial score (nSPS) is 11.7. The van der Waals surface area contributed by atoms with E-state index in [1.807, 2.05) is 0 Å². The van der Waals surface area contributed by atoms with Crippen molar-refractivity contribution in [3.8, 4) is 5.88 Å². The Morgan fingerprint density at radius 3 is 2.62 bits per heavy atom. The lowest BCUT2D eigenvalue weighted by Crippen LogP contribution is -2.32. The molecule has 0 unspecified atom stereocenters. The number of anilines is 1. The largest absolute Gasteiger partial charge is 0.467 e. The first-order valence-electron chi connectivity index (χ1n) is 3.42. The van der Waals surface area contributed by atoms with Gasteiger partial charge in [0.1, 0.15) is 7.05 Å². The fourth-order valence-corrected chi connectivity index (χ4v) is 0.727. The first kappa shape index (κ1) is 9.69. The molecule has 1 aromatic rings. The summed E-state index contributed by atoms with van der Waals surface area (Å²) in [4.78, 5) is 0. The molecule has 0 fully saturated rings. The monoisotopic (exact) mass is 196 g/mol. The van der Waals surface area contributed by atoms with Gasteiger partial charge in [-0.15, -0.1) is 0 Å². The predicted octanol–water partition coefficient (Wildman–Crippen LogP) is 0.362. The number of nitrogens with two attached hydrogens (primary N) is 1. The van der Waals surface area contributed by atoms with Gasteiger partial charge in [-0.05, 0) is 0 Å². The van der Waals surface area contributed by atoms with Gasteiger partial charge in [0.15, 0.2) is 6.61 Å². The summed E-state index contributed by atoms with van der Waals surface area (Å²) >= 11 is 0. The summed E-state index contributed by atoms with van der Waals surface area (Å²) in [6.07, 6.45) is -4.33. The minimum absolute atomic E-state index is 0.00248. The van der Waals surface area contributed by atoms with E-state index in [9.17, 15) is 13.2 Å². The lowest BCUT2D eigenvalue weighted by molar-refractivity contribution is -0.713. The third-order valence-corrected chi connectivity index (χ3v) is 1.34. The van der Waals surface area contributed by atoms with Crippen LogP contribution >= 0.6 is 0 Å². The van der Waals surface area contributed by atoms with Gasteiger partial charge in [0, 0.05) is 0 Å². The second-order valence-electron chi connectivity index (χ2n) is 2.51. The van der Waals surface area contributed by atoms with Crippen LogP contribution in [0, 0.1) is 0 Å². The van der Waals surface area contributed by atoms with Gasteiger partial charge in [-0.3, -0.25) is 5.73 Å². The molecule has 0 atom stereocenters. The average Bonchev–Trinajstić information content (AvgIpc) is 2.27. The quantitative estimate of drug-likeness (QED) is 0.671. The highest BCUT2D eigenvalue weighted by atomic mass is 19.4. The second kappa shape index (κ2) is 3.15. The molecule has 0 radical (unpaired) electrons. The van der Waals surface area contributed by atoms with E-state index in [1.54, 1.807) is 7.05 Å². The standard InChI is InChI=1S/C6H8F3N3O/c1-12-4(10)2-5(11-12)13-3-6(7,8)9/h2H,3H2,1H3,(H2,10,11)/p+1. The molecule has 74 valence electrons. The molecule has 1 aromatic heterocycles. The number of aryl methyl sites for hydroxylation is 1. The molecule has 0 aliphatic carbocycles. The number of nitrogens with one attached hydrogen (secondary N) is 1. The van der Waals surface area contributed by atoms with Gasteiger partial charge in [-0.2, -0.15) is 23.0 Å². The molecule has 0 aromatic carbocycles. The van der Waals surface area contributed by atoms with Crippen LogP contribution in [-0.4, -0.2) is 17.9 Å². The number of ether oxygens (including phenoxy) is 1. The summed E-state index contributed by atoms with van der Waals surface area (Å²) in [5, 5.41) is 2.49. The fraction of sp³-hybridized carbons (Fsp3) is 0.500. The Labute approximate surface area is 72.1 Å². The van der Waals surface area contributed by atoms with Crippen LogP contribution in [0.15, 0.2) is 6.07 Å². The van der Waals surface area contributed by atoms with Crippen LogP contribution in [-0.2, 0) is 7.05 Å². The van der Waals surface area contributed by atoms with Gasteiger partial charge in [0.25, 0.3) is 5.82 Å². The zero-order valence-electron chi connectivity index (χ0n) is 6.85. The Hall–Kier alpha value is -1.40. The van der Waals surface area contributed by atoms with Crippen molar-refractivity contribution in [2.24, 2.45) is 7.05 Å². The zero-order valence-corrected chi connectivity index (χ0v) is 6.85. The number of hydrogen-bond donors (Lipinski definition) is 2. The summed E-state index contributed by atoms with van der Waals surface area (Å²) < 4.78 is 40.8. The van der Waals surface area contributed by atoms with E-state index in [0.717, 1.165) is 0 Å². The number of hydrogen-bond acceptors (Lipinski definition) is 2. The van der Waals surface area contributed by atoms with Crippen molar-refractivity contribution in [1.82, 2.24) is 5.10 Å². The third kappa shape index (κ3) is 2.85. The summed E-state index contributed by atoms with van der Waals surface area (Å²) in [6.45, 7) is -1.33. The molecule has 0 saturated carbocycles. The first-order chi connectivity index (χ1) is 5.88. The van der Waals surface area contributed by atoms with E-state index in [2.05, 4.69) is 9.84 Å². The molecular formula is C6H9F3N3O+. The maximum Gasteiger partial charge on any atom is 0.422 e. The molecule has 0 amide bonds. The number of rotatable bonds is 2. The Balaban J connectivity index is 2.56. The van der Waals surface area contributed by atoms with Crippen LogP contribution in [0.25, 0.3) is 0 Å². The number of nitrogens with zero attached hydrogens (tertiary/aromatic N) is 1. The van der Waals surface area contributed by atoms with Crippen LogP contribution in [0.2, 0.25) is 0 Å².